The SMILES string of the molecule is O=C(Cc1cccc(O)c1)N1C[C@H]2CC[C@@H](C1)C2O. The van der Waals surface area contributed by atoms with Crippen molar-refractivity contribution in [3.8, 4) is 5.75 Å². The first kappa shape index (κ1) is 12.5. The summed E-state index contributed by atoms with van der Waals surface area (Å²) in [5, 5.41) is 19.4. The highest BCUT2D eigenvalue weighted by atomic mass is 16.3. The lowest BCUT2D eigenvalue weighted by atomic mass is 9.94. The number of fused-ring (bicyclic) bond motifs is 2. The summed E-state index contributed by atoms with van der Waals surface area (Å²) >= 11 is 0. The standard InChI is InChI=1S/C15H19NO3/c17-13-3-1-2-10(6-13)7-14(18)16-8-11-4-5-12(9-16)15(11)19/h1-3,6,11-12,15,17,19H,4-5,7-9H2/t11-,12+,15?. The summed E-state index contributed by atoms with van der Waals surface area (Å²) in [6.45, 7) is 1.35. The van der Waals surface area contributed by atoms with Crippen molar-refractivity contribution >= 4 is 5.91 Å². The summed E-state index contributed by atoms with van der Waals surface area (Å²) in [6, 6.07) is 6.84. The molecule has 3 rings (SSSR count). The second kappa shape index (κ2) is 4.85. The second-order valence-corrected chi connectivity index (χ2v) is 5.73. The largest absolute Gasteiger partial charge is 0.508 e. The number of hydrogen-bond acceptors (Lipinski definition) is 3. The molecule has 4 nitrogen and oxygen atoms in total. The van der Waals surface area contributed by atoms with Gasteiger partial charge in [0.2, 0.25) is 5.91 Å². The highest BCUT2D eigenvalue weighted by Crippen LogP contribution is 2.36. The smallest absolute Gasteiger partial charge is 0.227 e. The van der Waals surface area contributed by atoms with Gasteiger partial charge in [-0.3, -0.25) is 4.79 Å². The van der Waals surface area contributed by atoms with E-state index in [4.69, 9.17) is 0 Å². The quantitative estimate of drug-likeness (QED) is 0.840. The highest BCUT2D eigenvalue weighted by molar-refractivity contribution is 5.79. The molecule has 0 radical (unpaired) electrons. The first-order valence-corrected chi connectivity index (χ1v) is 6.87. The van der Waals surface area contributed by atoms with Gasteiger partial charge in [0, 0.05) is 24.9 Å². The van der Waals surface area contributed by atoms with E-state index in [0.717, 1.165) is 18.4 Å². The molecular weight excluding hydrogens is 242 g/mol. The minimum atomic E-state index is -0.218. The lowest BCUT2D eigenvalue weighted by molar-refractivity contribution is -0.134. The predicted octanol–water partition coefficient (Wildman–Crippen LogP) is 1.16. The van der Waals surface area contributed by atoms with E-state index in [9.17, 15) is 15.0 Å². The summed E-state index contributed by atoms with van der Waals surface area (Å²) in [5.41, 5.74) is 0.837. The summed E-state index contributed by atoms with van der Waals surface area (Å²) in [4.78, 5) is 14.1. The normalized spacial score (nSPS) is 29.5. The Morgan fingerprint density at radius 3 is 2.58 bits per heavy atom. The summed E-state index contributed by atoms with van der Waals surface area (Å²) in [6.07, 6.45) is 2.16. The Morgan fingerprint density at radius 2 is 1.95 bits per heavy atom. The molecule has 0 spiro atoms. The Labute approximate surface area is 112 Å². The minimum Gasteiger partial charge on any atom is -0.508 e. The molecule has 1 saturated heterocycles. The number of aliphatic hydroxyl groups excluding tert-OH is 1. The van der Waals surface area contributed by atoms with Crippen LogP contribution in [-0.2, 0) is 11.2 Å². The van der Waals surface area contributed by atoms with Gasteiger partial charge < -0.3 is 15.1 Å². The molecular formula is C15H19NO3. The molecule has 1 heterocycles. The zero-order valence-electron chi connectivity index (χ0n) is 10.8. The molecule has 1 aromatic carbocycles. The van der Waals surface area contributed by atoms with Crippen molar-refractivity contribution in [3.05, 3.63) is 29.8 Å². The van der Waals surface area contributed by atoms with Crippen LogP contribution in [0.15, 0.2) is 24.3 Å². The summed E-state index contributed by atoms with van der Waals surface area (Å²) < 4.78 is 0. The van der Waals surface area contributed by atoms with Gasteiger partial charge >= 0.3 is 0 Å². The van der Waals surface area contributed by atoms with Crippen molar-refractivity contribution in [1.29, 1.82) is 0 Å². The number of nitrogens with zero attached hydrogens (tertiary/aromatic N) is 1. The van der Waals surface area contributed by atoms with Gasteiger partial charge in [-0.25, -0.2) is 0 Å². The Bertz CT molecular complexity index is 474. The van der Waals surface area contributed by atoms with Gasteiger partial charge in [-0.1, -0.05) is 12.1 Å². The van der Waals surface area contributed by atoms with Gasteiger partial charge in [-0.2, -0.15) is 0 Å². The molecule has 2 N–H and O–H groups in total. The fourth-order valence-electron chi connectivity index (χ4n) is 3.35. The average Bonchev–Trinajstić information content (AvgIpc) is 2.62. The van der Waals surface area contributed by atoms with Crippen LogP contribution >= 0.6 is 0 Å². The lowest BCUT2D eigenvalue weighted by Crippen LogP contribution is -2.47. The van der Waals surface area contributed by atoms with Crippen LogP contribution < -0.4 is 0 Å². The Hall–Kier alpha value is -1.55. The first-order valence-electron chi connectivity index (χ1n) is 6.87. The molecule has 0 aromatic heterocycles. The molecule has 1 saturated carbocycles. The maximum absolute atomic E-state index is 12.3. The van der Waals surface area contributed by atoms with Crippen molar-refractivity contribution in [3.63, 3.8) is 0 Å². The summed E-state index contributed by atoms with van der Waals surface area (Å²) in [5.74, 6) is 0.799. The maximum Gasteiger partial charge on any atom is 0.227 e. The molecule has 2 fully saturated rings. The number of benzene rings is 1. The Kier molecular flexibility index (Phi) is 3.19. The van der Waals surface area contributed by atoms with Crippen LogP contribution in [0.1, 0.15) is 18.4 Å². The Balaban J connectivity index is 1.65. The van der Waals surface area contributed by atoms with Gasteiger partial charge in [0.25, 0.3) is 0 Å². The predicted molar refractivity (Wildman–Crippen MR) is 70.6 cm³/mol. The van der Waals surface area contributed by atoms with Gasteiger partial charge in [-0.05, 0) is 30.5 Å². The van der Waals surface area contributed by atoms with E-state index in [1.54, 1.807) is 18.2 Å². The average molecular weight is 261 g/mol. The van der Waals surface area contributed by atoms with Crippen LogP contribution in [-0.4, -0.2) is 40.2 Å². The minimum absolute atomic E-state index is 0.0920. The fourth-order valence-corrected chi connectivity index (χ4v) is 3.35. The Morgan fingerprint density at radius 1 is 1.26 bits per heavy atom. The number of carbonyl (C=O) groups is 1. The van der Waals surface area contributed by atoms with E-state index >= 15 is 0 Å². The number of aliphatic hydroxyl groups is 1. The number of carbonyl (C=O) groups excluding carboxylic acids is 1. The molecule has 3 atom stereocenters. The lowest BCUT2D eigenvalue weighted by Gasteiger charge is -2.35. The number of rotatable bonds is 2. The number of piperidine rings is 1. The highest BCUT2D eigenvalue weighted by Gasteiger charge is 2.42. The van der Waals surface area contributed by atoms with Crippen molar-refractivity contribution in [2.45, 2.75) is 25.4 Å². The third kappa shape index (κ3) is 2.45. The van der Waals surface area contributed by atoms with Crippen LogP contribution in [0.3, 0.4) is 0 Å². The van der Waals surface area contributed by atoms with Gasteiger partial charge in [0.15, 0.2) is 0 Å². The van der Waals surface area contributed by atoms with Crippen molar-refractivity contribution < 1.29 is 15.0 Å². The zero-order valence-corrected chi connectivity index (χ0v) is 10.8. The third-order valence-electron chi connectivity index (χ3n) is 4.40. The molecule has 102 valence electrons. The zero-order chi connectivity index (χ0) is 13.4. The third-order valence-corrected chi connectivity index (χ3v) is 4.40. The molecule has 2 aliphatic rings. The van der Waals surface area contributed by atoms with Crippen LogP contribution in [0.25, 0.3) is 0 Å². The fraction of sp³-hybridized carbons (Fsp3) is 0.533. The maximum atomic E-state index is 12.3. The molecule has 1 unspecified atom stereocenters. The van der Waals surface area contributed by atoms with E-state index in [2.05, 4.69) is 0 Å². The first-order chi connectivity index (χ1) is 9.13. The number of aromatic hydroxyl groups is 1. The van der Waals surface area contributed by atoms with Crippen LogP contribution in [0.5, 0.6) is 5.75 Å². The summed E-state index contributed by atoms with van der Waals surface area (Å²) in [7, 11) is 0. The van der Waals surface area contributed by atoms with Crippen LogP contribution in [0, 0.1) is 11.8 Å². The molecule has 1 aromatic rings. The topological polar surface area (TPSA) is 60.8 Å². The van der Waals surface area contributed by atoms with E-state index in [1.807, 2.05) is 11.0 Å². The second-order valence-electron chi connectivity index (χ2n) is 5.73. The molecule has 1 aliphatic carbocycles. The number of phenolic OH excluding ortho intramolecular Hbond substituents is 1. The number of likely N-dealkylation sites (tertiary alicyclic amines) is 1. The van der Waals surface area contributed by atoms with Crippen LogP contribution in [0.2, 0.25) is 0 Å². The van der Waals surface area contributed by atoms with E-state index in [0.29, 0.717) is 19.5 Å². The van der Waals surface area contributed by atoms with E-state index < -0.39 is 0 Å². The van der Waals surface area contributed by atoms with Crippen molar-refractivity contribution in [2.75, 3.05) is 13.1 Å². The molecule has 4 heteroatoms. The van der Waals surface area contributed by atoms with E-state index in [1.165, 1.54) is 0 Å². The molecule has 1 aliphatic heterocycles. The molecule has 19 heavy (non-hydrogen) atoms. The van der Waals surface area contributed by atoms with Crippen LogP contribution in [0.4, 0.5) is 0 Å². The number of amides is 1. The van der Waals surface area contributed by atoms with Crippen molar-refractivity contribution in [1.82, 2.24) is 4.90 Å². The molecule has 1 amide bonds. The number of hydrogen-bond donors (Lipinski definition) is 2. The van der Waals surface area contributed by atoms with Gasteiger partial charge in [0.05, 0.1) is 12.5 Å². The van der Waals surface area contributed by atoms with Crippen molar-refractivity contribution in [2.24, 2.45) is 11.8 Å². The molecule has 2 bridgehead atoms. The van der Waals surface area contributed by atoms with E-state index in [-0.39, 0.29) is 29.6 Å². The number of phenols is 1. The van der Waals surface area contributed by atoms with Gasteiger partial charge in [0.1, 0.15) is 5.75 Å². The van der Waals surface area contributed by atoms with Gasteiger partial charge in [-0.15, -0.1) is 0 Å². The monoisotopic (exact) mass is 261 g/mol.